The molecule has 0 amide bonds. The van der Waals surface area contributed by atoms with Crippen LogP contribution in [0.3, 0.4) is 0 Å². The highest BCUT2D eigenvalue weighted by Gasteiger charge is 2.22. The molecule has 0 radical (unpaired) electrons. The van der Waals surface area contributed by atoms with E-state index in [1.807, 2.05) is 18.2 Å². The van der Waals surface area contributed by atoms with Gasteiger partial charge in [0, 0.05) is 22.7 Å². The smallest absolute Gasteiger partial charge is 0.107 e. The summed E-state index contributed by atoms with van der Waals surface area (Å²) in [5.41, 5.74) is 1.25. The van der Waals surface area contributed by atoms with Crippen molar-refractivity contribution in [2.75, 3.05) is 6.54 Å². The molecular weight excluding hydrogens is 218 g/mol. The summed E-state index contributed by atoms with van der Waals surface area (Å²) < 4.78 is 1.71. The number of rotatable bonds is 1. The molecule has 1 atom stereocenters. The molecule has 1 fully saturated rings. The monoisotopic (exact) mass is 227 g/mol. The van der Waals surface area contributed by atoms with Crippen molar-refractivity contribution < 1.29 is 4.84 Å². The van der Waals surface area contributed by atoms with E-state index in [0.717, 1.165) is 13.0 Å². The first-order valence-electron chi connectivity index (χ1n) is 4.01. The second-order valence-electron chi connectivity index (χ2n) is 2.83. The standard InChI is InChI=1S/C9H10BrNO/c10-11-7-6-9(12-11)8-4-2-1-3-5-8/h1-5,9H,6-7H2. The van der Waals surface area contributed by atoms with Crippen LogP contribution in [-0.2, 0) is 4.84 Å². The van der Waals surface area contributed by atoms with Crippen LogP contribution in [0, 0.1) is 0 Å². The molecule has 1 heterocycles. The number of benzene rings is 1. The first-order valence-corrected chi connectivity index (χ1v) is 4.72. The zero-order chi connectivity index (χ0) is 8.39. The van der Waals surface area contributed by atoms with Gasteiger partial charge in [0.2, 0.25) is 0 Å². The Morgan fingerprint density at radius 1 is 1.33 bits per heavy atom. The van der Waals surface area contributed by atoms with Gasteiger partial charge in [0.25, 0.3) is 0 Å². The van der Waals surface area contributed by atoms with Gasteiger partial charge in [-0.15, -0.1) is 4.09 Å². The Morgan fingerprint density at radius 2 is 2.08 bits per heavy atom. The molecule has 1 aliphatic heterocycles. The van der Waals surface area contributed by atoms with Crippen LogP contribution in [0.25, 0.3) is 0 Å². The van der Waals surface area contributed by atoms with E-state index >= 15 is 0 Å². The van der Waals surface area contributed by atoms with Crippen molar-refractivity contribution >= 4 is 16.1 Å². The summed E-state index contributed by atoms with van der Waals surface area (Å²) in [4.78, 5) is 5.50. The van der Waals surface area contributed by atoms with Crippen LogP contribution in [0.15, 0.2) is 30.3 Å². The minimum atomic E-state index is 0.227. The summed E-state index contributed by atoms with van der Waals surface area (Å²) in [6.45, 7) is 0.944. The van der Waals surface area contributed by atoms with E-state index in [4.69, 9.17) is 4.84 Å². The lowest BCUT2D eigenvalue weighted by Gasteiger charge is -2.09. The number of hydrogen-bond donors (Lipinski definition) is 0. The van der Waals surface area contributed by atoms with Crippen LogP contribution >= 0.6 is 16.1 Å². The summed E-state index contributed by atoms with van der Waals surface area (Å²) in [6, 6.07) is 10.3. The van der Waals surface area contributed by atoms with E-state index < -0.39 is 0 Å². The number of hydroxylamine groups is 1. The van der Waals surface area contributed by atoms with Gasteiger partial charge in [0.1, 0.15) is 6.10 Å². The molecule has 1 unspecified atom stereocenters. The summed E-state index contributed by atoms with van der Waals surface area (Å²) in [6.07, 6.45) is 1.28. The molecule has 0 aromatic heterocycles. The van der Waals surface area contributed by atoms with E-state index in [0.29, 0.717) is 0 Å². The molecule has 0 saturated carbocycles. The van der Waals surface area contributed by atoms with Crippen molar-refractivity contribution in [2.45, 2.75) is 12.5 Å². The zero-order valence-corrected chi connectivity index (χ0v) is 8.20. The van der Waals surface area contributed by atoms with Gasteiger partial charge < -0.3 is 0 Å². The maximum atomic E-state index is 5.50. The van der Waals surface area contributed by atoms with Crippen LogP contribution in [0.2, 0.25) is 0 Å². The van der Waals surface area contributed by atoms with E-state index in [1.54, 1.807) is 4.09 Å². The molecular formula is C9H10BrNO. The van der Waals surface area contributed by atoms with Crippen LogP contribution < -0.4 is 0 Å². The Morgan fingerprint density at radius 3 is 2.67 bits per heavy atom. The van der Waals surface area contributed by atoms with Crippen molar-refractivity contribution in [2.24, 2.45) is 0 Å². The molecule has 3 heteroatoms. The second kappa shape index (κ2) is 3.56. The van der Waals surface area contributed by atoms with E-state index in [2.05, 4.69) is 28.3 Å². The maximum absolute atomic E-state index is 5.50. The van der Waals surface area contributed by atoms with Crippen molar-refractivity contribution in [3.63, 3.8) is 0 Å². The Balaban J connectivity index is 2.11. The quantitative estimate of drug-likeness (QED) is 0.685. The fourth-order valence-corrected chi connectivity index (χ4v) is 1.76. The van der Waals surface area contributed by atoms with E-state index in [9.17, 15) is 0 Å². The van der Waals surface area contributed by atoms with Gasteiger partial charge in [0.15, 0.2) is 0 Å². The third kappa shape index (κ3) is 1.68. The normalized spacial score (nSPS) is 24.6. The Bertz CT molecular complexity index is 252. The molecule has 0 N–H and O–H groups in total. The highest BCUT2D eigenvalue weighted by Crippen LogP contribution is 2.29. The molecule has 64 valence electrons. The topological polar surface area (TPSA) is 12.5 Å². The molecule has 2 rings (SSSR count). The lowest BCUT2D eigenvalue weighted by molar-refractivity contribution is -0.0610. The fraction of sp³-hybridized carbons (Fsp3) is 0.333. The predicted octanol–water partition coefficient (Wildman–Crippen LogP) is 2.67. The number of hydrogen-bond acceptors (Lipinski definition) is 2. The van der Waals surface area contributed by atoms with Crippen LogP contribution in [-0.4, -0.2) is 10.6 Å². The Hall–Kier alpha value is -0.380. The highest BCUT2D eigenvalue weighted by molar-refractivity contribution is 9.07. The largest absolute Gasteiger partial charge is 0.280 e. The minimum Gasteiger partial charge on any atom is -0.280 e. The van der Waals surface area contributed by atoms with Crippen molar-refractivity contribution in [1.29, 1.82) is 0 Å². The van der Waals surface area contributed by atoms with Crippen LogP contribution in [0.4, 0.5) is 0 Å². The van der Waals surface area contributed by atoms with E-state index in [-0.39, 0.29) is 6.10 Å². The van der Waals surface area contributed by atoms with Crippen molar-refractivity contribution in [1.82, 2.24) is 4.09 Å². The molecule has 1 aromatic rings. The lowest BCUT2D eigenvalue weighted by atomic mass is 10.1. The van der Waals surface area contributed by atoms with Gasteiger partial charge in [-0.1, -0.05) is 30.3 Å². The van der Waals surface area contributed by atoms with E-state index in [1.165, 1.54) is 5.56 Å². The zero-order valence-electron chi connectivity index (χ0n) is 6.61. The van der Waals surface area contributed by atoms with Crippen molar-refractivity contribution in [3.8, 4) is 0 Å². The first-order chi connectivity index (χ1) is 5.86. The average molecular weight is 228 g/mol. The van der Waals surface area contributed by atoms with Gasteiger partial charge in [-0.2, -0.15) is 0 Å². The van der Waals surface area contributed by atoms with Crippen LogP contribution in [0.5, 0.6) is 0 Å². The third-order valence-electron chi connectivity index (χ3n) is 1.98. The summed E-state index contributed by atoms with van der Waals surface area (Å²) >= 11 is 3.29. The lowest BCUT2D eigenvalue weighted by Crippen LogP contribution is -2.02. The number of nitrogens with zero attached hydrogens (tertiary/aromatic N) is 1. The van der Waals surface area contributed by atoms with Gasteiger partial charge in [-0.05, 0) is 12.0 Å². The molecule has 1 saturated heterocycles. The van der Waals surface area contributed by atoms with Crippen molar-refractivity contribution in [3.05, 3.63) is 35.9 Å². The molecule has 0 spiro atoms. The summed E-state index contributed by atoms with van der Waals surface area (Å²) in [5, 5.41) is 0. The predicted molar refractivity (Wildman–Crippen MR) is 50.5 cm³/mol. The molecule has 0 bridgehead atoms. The summed E-state index contributed by atoms with van der Waals surface area (Å²) in [5.74, 6) is 0. The maximum Gasteiger partial charge on any atom is 0.107 e. The fourth-order valence-electron chi connectivity index (χ4n) is 1.36. The highest BCUT2D eigenvalue weighted by atomic mass is 79.9. The minimum absolute atomic E-state index is 0.227. The molecule has 2 nitrogen and oxygen atoms in total. The number of halogens is 1. The summed E-state index contributed by atoms with van der Waals surface area (Å²) in [7, 11) is 0. The Kier molecular flexibility index (Phi) is 2.44. The van der Waals surface area contributed by atoms with Crippen LogP contribution in [0.1, 0.15) is 18.1 Å². The third-order valence-corrected chi connectivity index (χ3v) is 2.50. The van der Waals surface area contributed by atoms with Gasteiger partial charge in [0.05, 0.1) is 0 Å². The van der Waals surface area contributed by atoms with Gasteiger partial charge in [-0.3, -0.25) is 4.84 Å². The first kappa shape index (κ1) is 8.23. The SMILES string of the molecule is BrN1CCC(c2ccccc2)O1. The molecule has 1 aliphatic rings. The average Bonchev–Trinajstić information content (AvgIpc) is 2.54. The molecule has 1 aromatic carbocycles. The Labute approximate surface area is 80.4 Å². The molecule has 12 heavy (non-hydrogen) atoms. The van der Waals surface area contributed by atoms with Gasteiger partial charge >= 0.3 is 0 Å². The molecule has 0 aliphatic carbocycles. The van der Waals surface area contributed by atoms with Gasteiger partial charge in [-0.25, -0.2) is 0 Å². The second-order valence-corrected chi connectivity index (χ2v) is 3.63.